The van der Waals surface area contributed by atoms with Gasteiger partial charge in [-0.2, -0.15) is 0 Å². The average Bonchev–Trinajstić information content (AvgIpc) is 3.45. The highest BCUT2D eigenvalue weighted by atomic mass is 35.5. The van der Waals surface area contributed by atoms with Crippen LogP contribution in [0.15, 0.2) is 57.7 Å². The van der Waals surface area contributed by atoms with Crippen LogP contribution in [0, 0.1) is 5.82 Å². The standard InChI is InChI=1S/C20H15ClFNO3/c21-16-5-3-6-17(22)15(16)11-23(13-8-9-13)19(24)14-10-12-4-1-2-7-18(12)26-20(14)25/h1-7,10,13H,8-9,11H2. The minimum absolute atomic E-state index is 0.0152. The maximum absolute atomic E-state index is 14.1. The Morgan fingerprint density at radius 1 is 1.19 bits per heavy atom. The summed E-state index contributed by atoms with van der Waals surface area (Å²) in [5.74, 6) is -0.937. The molecule has 0 bridgehead atoms. The Morgan fingerprint density at radius 2 is 1.96 bits per heavy atom. The fraction of sp³-hybridized carbons (Fsp3) is 0.200. The van der Waals surface area contributed by atoms with Crippen molar-refractivity contribution in [3.05, 3.63) is 80.9 Å². The zero-order valence-electron chi connectivity index (χ0n) is 13.7. The number of hydrogen-bond donors (Lipinski definition) is 0. The van der Waals surface area contributed by atoms with Crippen molar-refractivity contribution in [2.45, 2.75) is 25.4 Å². The smallest absolute Gasteiger partial charge is 0.349 e. The first-order valence-corrected chi connectivity index (χ1v) is 8.69. The third-order valence-corrected chi connectivity index (χ3v) is 4.86. The van der Waals surface area contributed by atoms with Crippen LogP contribution in [-0.4, -0.2) is 16.8 Å². The quantitative estimate of drug-likeness (QED) is 0.639. The fourth-order valence-electron chi connectivity index (χ4n) is 2.97. The molecule has 1 heterocycles. The molecule has 4 rings (SSSR count). The monoisotopic (exact) mass is 371 g/mol. The van der Waals surface area contributed by atoms with Gasteiger partial charge in [0.1, 0.15) is 17.0 Å². The van der Waals surface area contributed by atoms with Crippen LogP contribution >= 0.6 is 11.6 Å². The van der Waals surface area contributed by atoms with Gasteiger partial charge < -0.3 is 9.32 Å². The lowest BCUT2D eigenvalue weighted by molar-refractivity contribution is 0.0724. The predicted molar refractivity (Wildman–Crippen MR) is 96.8 cm³/mol. The van der Waals surface area contributed by atoms with Gasteiger partial charge >= 0.3 is 5.63 Å². The average molecular weight is 372 g/mol. The van der Waals surface area contributed by atoms with Crippen LogP contribution in [0.25, 0.3) is 11.0 Å². The van der Waals surface area contributed by atoms with E-state index < -0.39 is 17.3 Å². The van der Waals surface area contributed by atoms with Crippen molar-refractivity contribution in [3.63, 3.8) is 0 Å². The van der Waals surface area contributed by atoms with E-state index in [4.69, 9.17) is 16.0 Å². The van der Waals surface area contributed by atoms with Crippen molar-refractivity contribution in [1.82, 2.24) is 4.90 Å². The SMILES string of the molecule is O=C(c1cc2ccccc2oc1=O)N(Cc1c(F)cccc1Cl)C1CC1. The summed E-state index contributed by atoms with van der Waals surface area (Å²) in [4.78, 5) is 26.8. The lowest BCUT2D eigenvalue weighted by atomic mass is 10.1. The number of hydrogen-bond acceptors (Lipinski definition) is 3. The maximum atomic E-state index is 14.1. The summed E-state index contributed by atoms with van der Waals surface area (Å²) in [6, 6.07) is 12.9. The van der Waals surface area contributed by atoms with Crippen LogP contribution < -0.4 is 5.63 Å². The third kappa shape index (κ3) is 3.10. The molecule has 1 aliphatic rings. The van der Waals surface area contributed by atoms with Gasteiger partial charge in [-0.05, 0) is 37.1 Å². The normalized spacial score (nSPS) is 13.8. The summed E-state index contributed by atoms with van der Waals surface area (Å²) in [7, 11) is 0. The first-order chi connectivity index (χ1) is 12.5. The number of benzene rings is 2. The Bertz CT molecular complexity index is 1040. The van der Waals surface area contributed by atoms with E-state index in [1.165, 1.54) is 23.1 Å². The number of fused-ring (bicyclic) bond motifs is 1. The Morgan fingerprint density at radius 3 is 2.69 bits per heavy atom. The van der Waals surface area contributed by atoms with Crippen molar-refractivity contribution >= 4 is 28.5 Å². The molecule has 1 saturated carbocycles. The molecule has 6 heteroatoms. The van der Waals surface area contributed by atoms with Crippen molar-refractivity contribution in [2.75, 3.05) is 0 Å². The summed E-state index contributed by atoms with van der Waals surface area (Å²) >= 11 is 6.10. The summed E-state index contributed by atoms with van der Waals surface area (Å²) in [5.41, 5.74) is -0.0780. The Labute approximate surface area is 153 Å². The topological polar surface area (TPSA) is 50.5 Å². The number of para-hydroxylation sites is 1. The van der Waals surface area contributed by atoms with Gasteiger partial charge in [-0.1, -0.05) is 35.9 Å². The Hall–Kier alpha value is -2.66. The van der Waals surface area contributed by atoms with Gasteiger partial charge in [0.15, 0.2) is 0 Å². The summed E-state index contributed by atoms with van der Waals surface area (Å²) < 4.78 is 19.4. The highest BCUT2D eigenvalue weighted by Crippen LogP contribution is 2.32. The van der Waals surface area contributed by atoms with Crippen LogP contribution in [0.1, 0.15) is 28.8 Å². The van der Waals surface area contributed by atoms with Crippen molar-refractivity contribution in [3.8, 4) is 0 Å². The van der Waals surface area contributed by atoms with E-state index in [1.807, 2.05) is 0 Å². The van der Waals surface area contributed by atoms with Crippen LogP contribution in [0.2, 0.25) is 5.02 Å². The number of carbonyl (C=O) groups excluding carboxylic acids is 1. The van der Waals surface area contributed by atoms with E-state index in [1.54, 1.807) is 30.3 Å². The van der Waals surface area contributed by atoms with E-state index in [2.05, 4.69) is 0 Å². The Balaban J connectivity index is 1.73. The molecular formula is C20H15ClFNO3. The van der Waals surface area contributed by atoms with E-state index in [9.17, 15) is 14.0 Å². The van der Waals surface area contributed by atoms with Crippen LogP contribution in [0.3, 0.4) is 0 Å². The molecular weight excluding hydrogens is 357 g/mol. The molecule has 132 valence electrons. The summed E-state index contributed by atoms with van der Waals surface area (Å²) in [6.07, 6.45) is 1.63. The second kappa shape index (κ2) is 6.57. The predicted octanol–water partition coefficient (Wildman–Crippen LogP) is 4.39. The summed E-state index contributed by atoms with van der Waals surface area (Å²) in [5, 5.41) is 0.920. The molecule has 0 saturated heterocycles. The Kier molecular flexibility index (Phi) is 4.24. The first kappa shape index (κ1) is 16.8. The van der Waals surface area contributed by atoms with Gasteiger partial charge in [0.05, 0.1) is 6.54 Å². The molecule has 0 N–H and O–H groups in total. The molecule has 0 radical (unpaired) electrons. The van der Waals surface area contributed by atoms with Crippen LogP contribution in [0.4, 0.5) is 4.39 Å². The molecule has 1 aromatic heterocycles. The lowest BCUT2D eigenvalue weighted by Gasteiger charge is -2.23. The van der Waals surface area contributed by atoms with Gasteiger partial charge in [0.2, 0.25) is 0 Å². The number of amides is 1. The van der Waals surface area contributed by atoms with E-state index in [-0.39, 0.29) is 28.7 Å². The van der Waals surface area contributed by atoms with E-state index in [0.29, 0.717) is 11.0 Å². The summed E-state index contributed by atoms with van der Waals surface area (Å²) in [6.45, 7) is 0.0152. The molecule has 1 aliphatic carbocycles. The number of carbonyl (C=O) groups is 1. The number of halogens is 2. The second-order valence-corrected chi connectivity index (χ2v) is 6.76. The van der Waals surface area contributed by atoms with Crippen molar-refractivity contribution in [2.24, 2.45) is 0 Å². The minimum Gasteiger partial charge on any atom is -0.422 e. The first-order valence-electron chi connectivity index (χ1n) is 8.31. The second-order valence-electron chi connectivity index (χ2n) is 6.35. The van der Waals surface area contributed by atoms with Gasteiger partial charge in [0.25, 0.3) is 5.91 Å². The molecule has 1 fully saturated rings. The van der Waals surface area contributed by atoms with Crippen LogP contribution in [0.5, 0.6) is 0 Å². The van der Waals surface area contributed by atoms with E-state index in [0.717, 1.165) is 12.8 Å². The molecule has 3 aromatic rings. The highest BCUT2D eigenvalue weighted by Gasteiger charge is 2.35. The van der Waals surface area contributed by atoms with Gasteiger partial charge in [-0.15, -0.1) is 0 Å². The maximum Gasteiger partial charge on any atom is 0.349 e. The zero-order chi connectivity index (χ0) is 18.3. The van der Waals surface area contributed by atoms with Crippen molar-refractivity contribution < 1.29 is 13.6 Å². The largest absolute Gasteiger partial charge is 0.422 e. The van der Waals surface area contributed by atoms with Gasteiger partial charge in [0, 0.05) is 22.0 Å². The third-order valence-electron chi connectivity index (χ3n) is 4.51. The lowest BCUT2D eigenvalue weighted by Crippen LogP contribution is -2.35. The molecule has 1 amide bonds. The highest BCUT2D eigenvalue weighted by molar-refractivity contribution is 6.31. The molecule has 0 atom stereocenters. The minimum atomic E-state index is -0.695. The van der Waals surface area contributed by atoms with Gasteiger partial charge in [-0.25, -0.2) is 9.18 Å². The molecule has 0 unspecified atom stereocenters. The molecule has 2 aromatic carbocycles. The molecule has 26 heavy (non-hydrogen) atoms. The van der Waals surface area contributed by atoms with Crippen LogP contribution in [-0.2, 0) is 6.54 Å². The molecule has 0 spiro atoms. The number of rotatable bonds is 4. The molecule has 0 aliphatic heterocycles. The zero-order valence-corrected chi connectivity index (χ0v) is 14.5. The van der Waals surface area contributed by atoms with E-state index >= 15 is 0 Å². The fourth-order valence-corrected chi connectivity index (χ4v) is 3.20. The van der Waals surface area contributed by atoms with Gasteiger partial charge in [-0.3, -0.25) is 4.79 Å². The number of nitrogens with zero attached hydrogens (tertiary/aromatic N) is 1. The van der Waals surface area contributed by atoms with Crippen molar-refractivity contribution in [1.29, 1.82) is 0 Å². The molecule has 4 nitrogen and oxygen atoms in total.